The fourth-order valence-corrected chi connectivity index (χ4v) is 4.21. The minimum Gasteiger partial charge on any atom is -0.385 e. The number of benzene rings is 2. The van der Waals surface area contributed by atoms with Crippen LogP contribution in [0, 0.1) is 11.6 Å². The quantitative estimate of drug-likeness (QED) is 0.560. The van der Waals surface area contributed by atoms with Crippen molar-refractivity contribution in [3.63, 3.8) is 0 Å². The number of H-pyrrole nitrogens is 1. The van der Waals surface area contributed by atoms with Gasteiger partial charge in [-0.2, -0.15) is 5.10 Å². The molecule has 1 aliphatic heterocycles. The smallest absolute Gasteiger partial charge is 0.251 e. The Kier molecular flexibility index (Phi) is 6.62. The predicted octanol–water partition coefficient (Wildman–Crippen LogP) is 3.77. The van der Waals surface area contributed by atoms with Crippen LogP contribution in [0.3, 0.4) is 0 Å². The molecule has 1 aliphatic rings. The lowest BCUT2D eigenvalue weighted by Crippen LogP contribution is -2.51. The monoisotopic (exact) mass is 440 g/mol. The summed E-state index contributed by atoms with van der Waals surface area (Å²) in [6, 6.07) is 11.8. The van der Waals surface area contributed by atoms with Crippen molar-refractivity contribution in [2.45, 2.75) is 24.9 Å². The number of methoxy groups -OCH3 is 1. The number of carbonyl (C=O) groups is 1. The number of amides is 1. The fourth-order valence-electron chi connectivity index (χ4n) is 4.21. The molecule has 0 saturated carbocycles. The van der Waals surface area contributed by atoms with Gasteiger partial charge in [-0.15, -0.1) is 0 Å². The Hall–Kier alpha value is -3.10. The van der Waals surface area contributed by atoms with E-state index in [1.807, 2.05) is 0 Å². The molecule has 6 nitrogen and oxygen atoms in total. The van der Waals surface area contributed by atoms with E-state index in [9.17, 15) is 13.6 Å². The number of nitrogens with one attached hydrogen (secondary N) is 2. The molecule has 3 aromatic rings. The third-order valence-electron chi connectivity index (χ3n) is 5.95. The van der Waals surface area contributed by atoms with Crippen molar-refractivity contribution < 1.29 is 18.3 Å². The first kappa shape index (κ1) is 22.1. The van der Waals surface area contributed by atoms with Crippen molar-refractivity contribution in [2.24, 2.45) is 0 Å². The first-order valence-electron chi connectivity index (χ1n) is 10.6. The summed E-state index contributed by atoms with van der Waals surface area (Å²) in [5.41, 5.74) is 2.71. The molecule has 1 aromatic heterocycles. The highest BCUT2D eigenvalue weighted by atomic mass is 19.1. The van der Waals surface area contributed by atoms with E-state index in [1.54, 1.807) is 25.4 Å². The molecule has 2 aromatic carbocycles. The van der Waals surface area contributed by atoms with Gasteiger partial charge in [-0.3, -0.25) is 14.8 Å². The van der Waals surface area contributed by atoms with Gasteiger partial charge in [0, 0.05) is 50.0 Å². The van der Waals surface area contributed by atoms with Crippen LogP contribution >= 0.6 is 0 Å². The number of ether oxygens (including phenoxy) is 1. The SMILES string of the molecule is COCCC1(NC(=O)c2ccc(F)cc2)CCN(Cc2cn[nH]c2-c2ccc(F)cc2)C1. The Balaban J connectivity index is 1.47. The van der Waals surface area contributed by atoms with E-state index < -0.39 is 5.54 Å². The lowest BCUT2D eigenvalue weighted by atomic mass is 9.93. The molecular formula is C24H26F2N4O2. The third kappa shape index (κ3) is 5.03. The van der Waals surface area contributed by atoms with Crippen LogP contribution in [0.4, 0.5) is 8.78 Å². The highest BCUT2D eigenvalue weighted by molar-refractivity contribution is 5.94. The maximum Gasteiger partial charge on any atom is 0.251 e. The Morgan fingerprint density at radius 2 is 1.84 bits per heavy atom. The second-order valence-electron chi connectivity index (χ2n) is 8.22. The Labute approximate surface area is 185 Å². The molecule has 2 N–H and O–H groups in total. The largest absolute Gasteiger partial charge is 0.385 e. The van der Waals surface area contributed by atoms with Crippen molar-refractivity contribution in [1.82, 2.24) is 20.4 Å². The van der Waals surface area contributed by atoms with Gasteiger partial charge in [-0.25, -0.2) is 8.78 Å². The maximum absolute atomic E-state index is 13.3. The molecule has 2 heterocycles. The van der Waals surface area contributed by atoms with Gasteiger partial charge >= 0.3 is 0 Å². The number of halogens is 2. The Morgan fingerprint density at radius 1 is 1.16 bits per heavy atom. The molecule has 0 spiro atoms. The van der Waals surface area contributed by atoms with Gasteiger partial charge in [0.05, 0.1) is 17.4 Å². The maximum atomic E-state index is 13.3. The van der Waals surface area contributed by atoms with Crippen molar-refractivity contribution in [2.75, 3.05) is 26.8 Å². The summed E-state index contributed by atoms with van der Waals surface area (Å²) in [6.45, 7) is 2.60. The summed E-state index contributed by atoms with van der Waals surface area (Å²) in [4.78, 5) is 15.1. The van der Waals surface area contributed by atoms with Gasteiger partial charge in [0.15, 0.2) is 0 Å². The van der Waals surface area contributed by atoms with E-state index in [0.29, 0.717) is 31.7 Å². The van der Waals surface area contributed by atoms with E-state index in [2.05, 4.69) is 20.4 Å². The highest BCUT2D eigenvalue weighted by Crippen LogP contribution is 2.29. The first-order valence-corrected chi connectivity index (χ1v) is 10.6. The number of carbonyl (C=O) groups excluding carboxylic acids is 1. The lowest BCUT2D eigenvalue weighted by Gasteiger charge is -2.31. The van der Waals surface area contributed by atoms with Crippen molar-refractivity contribution in [1.29, 1.82) is 0 Å². The molecule has 1 atom stereocenters. The van der Waals surface area contributed by atoms with E-state index in [1.165, 1.54) is 36.4 Å². The predicted molar refractivity (Wildman–Crippen MR) is 117 cm³/mol. The van der Waals surface area contributed by atoms with Gasteiger partial charge in [0.1, 0.15) is 11.6 Å². The average Bonchev–Trinajstić information content (AvgIpc) is 3.41. The number of aromatic amines is 1. The topological polar surface area (TPSA) is 70.2 Å². The lowest BCUT2D eigenvalue weighted by molar-refractivity contribution is 0.0864. The summed E-state index contributed by atoms with van der Waals surface area (Å²) < 4.78 is 31.8. The van der Waals surface area contributed by atoms with Gasteiger partial charge in [0.2, 0.25) is 0 Å². The van der Waals surface area contributed by atoms with Crippen molar-refractivity contribution in [3.05, 3.63) is 77.5 Å². The standard InChI is InChI=1S/C24H26F2N4O2/c1-32-13-11-24(28-23(31)18-4-8-21(26)9-5-18)10-12-30(16-24)15-19-14-27-29-22(19)17-2-6-20(25)7-3-17/h2-9,14H,10-13,15-16H2,1H3,(H,27,29)(H,28,31). The number of nitrogens with zero attached hydrogens (tertiary/aromatic N) is 2. The van der Waals surface area contributed by atoms with Crippen molar-refractivity contribution >= 4 is 5.91 Å². The van der Waals surface area contributed by atoms with Crippen LogP contribution in [0.15, 0.2) is 54.7 Å². The molecular weight excluding hydrogens is 414 g/mol. The van der Waals surface area contributed by atoms with Crippen LogP contribution < -0.4 is 5.32 Å². The Bertz CT molecular complexity index is 1050. The molecule has 1 amide bonds. The zero-order chi connectivity index (χ0) is 22.6. The molecule has 168 valence electrons. The minimum atomic E-state index is -0.443. The van der Waals surface area contributed by atoms with Crippen LogP contribution in [0.5, 0.6) is 0 Å². The van der Waals surface area contributed by atoms with Gasteiger partial charge in [-0.1, -0.05) is 0 Å². The molecule has 0 aliphatic carbocycles. The van der Waals surface area contributed by atoms with Crippen LogP contribution in [-0.4, -0.2) is 53.3 Å². The van der Waals surface area contributed by atoms with Crippen LogP contribution in [0.1, 0.15) is 28.8 Å². The third-order valence-corrected chi connectivity index (χ3v) is 5.95. The average molecular weight is 440 g/mol. The molecule has 0 bridgehead atoms. The zero-order valence-corrected chi connectivity index (χ0v) is 17.9. The zero-order valence-electron chi connectivity index (χ0n) is 17.9. The molecule has 4 rings (SSSR count). The van der Waals surface area contributed by atoms with Crippen molar-refractivity contribution in [3.8, 4) is 11.3 Å². The van der Waals surface area contributed by atoms with E-state index in [-0.39, 0.29) is 17.5 Å². The van der Waals surface area contributed by atoms with Crippen LogP contribution in [-0.2, 0) is 11.3 Å². The summed E-state index contributed by atoms with van der Waals surface area (Å²) in [5.74, 6) is -0.882. The van der Waals surface area contributed by atoms with Crippen LogP contribution in [0.2, 0.25) is 0 Å². The molecule has 0 radical (unpaired) electrons. The second kappa shape index (κ2) is 9.58. The van der Waals surface area contributed by atoms with E-state index in [4.69, 9.17) is 4.74 Å². The van der Waals surface area contributed by atoms with Gasteiger partial charge in [-0.05, 0) is 61.4 Å². The van der Waals surface area contributed by atoms with Gasteiger partial charge in [0.25, 0.3) is 5.91 Å². The van der Waals surface area contributed by atoms with E-state index in [0.717, 1.165) is 29.8 Å². The normalized spacial score (nSPS) is 18.7. The molecule has 1 unspecified atom stereocenters. The van der Waals surface area contributed by atoms with Crippen LogP contribution in [0.25, 0.3) is 11.3 Å². The molecule has 1 fully saturated rings. The Morgan fingerprint density at radius 3 is 2.53 bits per heavy atom. The summed E-state index contributed by atoms with van der Waals surface area (Å²) in [5, 5.41) is 10.4. The summed E-state index contributed by atoms with van der Waals surface area (Å²) in [6.07, 6.45) is 3.22. The number of aromatic nitrogens is 2. The fraction of sp³-hybridized carbons (Fsp3) is 0.333. The minimum absolute atomic E-state index is 0.224. The summed E-state index contributed by atoms with van der Waals surface area (Å²) in [7, 11) is 1.64. The first-order chi connectivity index (χ1) is 15.5. The number of likely N-dealkylation sites (tertiary alicyclic amines) is 1. The number of hydrogen-bond acceptors (Lipinski definition) is 4. The van der Waals surface area contributed by atoms with E-state index >= 15 is 0 Å². The molecule has 32 heavy (non-hydrogen) atoms. The second-order valence-corrected chi connectivity index (χ2v) is 8.22. The summed E-state index contributed by atoms with van der Waals surface area (Å²) >= 11 is 0. The number of hydrogen-bond donors (Lipinski definition) is 2. The number of rotatable bonds is 8. The van der Waals surface area contributed by atoms with Gasteiger partial charge < -0.3 is 10.1 Å². The highest BCUT2D eigenvalue weighted by Gasteiger charge is 2.39. The molecule has 1 saturated heterocycles. The molecule has 8 heteroatoms.